The standard InChI is InChI=1S/C16H16N2O6Se/c17-15(23)8-6-25-16(18-8)14-12(22)11(21)13(24-14)10(20)9(19)7-4-2-1-3-5-7/h1-6,10-14,20-22H,(H2,17,23)/t10?,11-,12+,13+,14+/m0/s1. The maximum atomic E-state index is 12.3. The van der Waals surface area contributed by atoms with Crippen molar-refractivity contribution < 1.29 is 29.6 Å². The van der Waals surface area contributed by atoms with Gasteiger partial charge in [-0.3, -0.25) is 0 Å². The van der Waals surface area contributed by atoms with Gasteiger partial charge < -0.3 is 0 Å². The molecular formula is C16H16N2O6Se. The molecule has 1 unspecified atom stereocenters. The number of hydrogen-bond donors (Lipinski definition) is 4. The van der Waals surface area contributed by atoms with Crippen LogP contribution in [0.15, 0.2) is 35.3 Å². The zero-order chi connectivity index (χ0) is 18.1. The molecule has 132 valence electrons. The number of hydrogen-bond acceptors (Lipinski definition) is 7. The average molecular weight is 411 g/mol. The number of primary amides is 1. The van der Waals surface area contributed by atoms with Gasteiger partial charge in [-0.1, -0.05) is 0 Å². The van der Waals surface area contributed by atoms with Crippen molar-refractivity contribution in [3.05, 3.63) is 51.1 Å². The van der Waals surface area contributed by atoms with Gasteiger partial charge in [0.25, 0.3) is 0 Å². The van der Waals surface area contributed by atoms with E-state index in [2.05, 4.69) is 4.98 Å². The molecule has 1 aromatic carbocycles. The first-order valence-corrected chi connectivity index (χ1v) is 9.29. The van der Waals surface area contributed by atoms with Crippen molar-refractivity contribution in [2.24, 2.45) is 5.73 Å². The fraction of sp³-hybridized carbons (Fsp3) is 0.312. The number of carbonyl (C=O) groups is 2. The van der Waals surface area contributed by atoms with Gasteiger partial charge >= 0.3 is 148 Å². The third-order valence-electron chi connectivity index (χ3n) is 3.96. The third-order valence-corrected chi connectivity index (χ3v) is 5.86. The minimum atomic E-state index is -1.64. The molecule has 0 saturated carbocycles. The maximum absolute atomic E-state index is 12.3. The van der Waals surface area contributed by atoms with E-state index >= 15 is 0 Å². The fourth-order valence-electron chi connectivity index (χ4n) is 2.62. The third kappa shape index (κ3) is 3.43. The zero-order valence-corrected chi connectivity index (χ0v) is 14.6. The predicted molar refractivity (Wildman–Crippen MR) is 86.1 cm³/mol. The first-order valence-electron chi connectivity index (χ1n) is 7.44. The van der Waals surface area contributed by atoms with Crippen LogP contribution in [-0.4, -0.2) is 70.9 Å². The van der Waals surface area contributed by atoms with E-state index in [0.29, 0.717) is 4.57 Å². The number of ether oxygens (including phenoxy) is 1. The van der Waals surface area contributed by atoms with Gasteiger partial charge in [-0.2, -0.15) is 0 Å². The SMILES string of the molecule is NC(=O)c1c[se]c([C@@H]2O[C@H](C(O)C(=O)c3ccccc3)[C@@H](O)[C@H]2O)n1. The number of aliphatic hydroxyl groups is 3. The average Bonchev–Trinajstić information content (AvgIpc) is 3.21. The Morgan fingerprint density at radius 3 is 2.48 bits per heavy atom. The molecule has 0 bridgehead atoms. The molecule has 1 aliphatic heterocycles. The van der Waals surface area contributed by atoms with Crippen molar-refractivity contribution in [2.75, 3.05) is 0 Å². The summed E-state index contributed by atoms with van der Waals surface area (Å²) in [6, 6.07) is 8.10. The Hall–Kier alpha value is -1.87. The molecule has 5 N–H and O–H groups in total. The van der Waals surface area contributed by atoms with E-state index < -0.39 is 42.2 Å². The van der Waals surface area contributed by atoms with Crippen LogP contribution in [-0.2, 0) is 4.74 Å². The molecule has 5 atom stereocenters. The Bertz CT molecular complexity index is 780. The Balaban J connectivity index is 1.79. The molecular weight excluding hydrogens is 395 g/mol. The molecule has 0 spiro atoms. The number of Topliss-reactive ketones (excluding diaryl/α,β-unsaturated/α-hetero) is 1. The van der Waals surface area contributed by atoms with Crippen LogP contribution >= 0.6 is 0 Å². The topological polar surface area (TPSA) is 143 Å². The first-order chi connectivity index (χ1) is 11.9. The van der Waals surface area contributed by atoms with E-state index in [4.69, 9.17) is 10.5 Å². The second kappa shape index (κ2) is 7.17. The molecule has 0 aliphatic carbocycles. The fourth-order valence-corrected chi connectivity index (χ4v) is 4.47. The number of carbonyl (C=O) groups excluding carboxylic acids is 2. The molecule has 2 heterocycles. The molecule has 1 aromatic heterocycles. The van der Waals surface area contributed by atoms with Crippen molar-refractivity contribution in [3.8, 4) is 0 Å². The molecule has 3 rings (SSSR count). The minimum absolute atomic E-state index is 0.0738. The second-order valence-corrected chi connectivity index (χ2v) is 7.48. The van der Waals surface area contributed by atoms with Crippen molar-refractivity contribution in [3.63, 3.8) is 0 Å². The van der Waals surface area contributed by atoms with Gasteiger partial charge in [0.2, 0.25) is 0 Å². The molecule has 9 heteroatoms. The van der Waals surface area contributed by atoms with Crippen LogP contribution in [0.2, 0.25) is 0 Å². The predicted octanol–water partition coefficient (Wildman–Crippen LogP) is -1.36. The summed E-state index contributed by atoms with van der Waals surface area (Å²) < 4.78 is 5.90. The van der Waals surface area contributed by atoms with Crippen LogP contribution in [0.5, 0.6) is 0 Å². The molecule has 2 aromatic rings. The normalized spacial score (nSPS) is 27.2. The van der Waals surface area contributed by atoms with Crippen LogP contribution in [0.4, 0.5) is 0 Å². The van der Waals surface area contributed by atoms with Crippen molar-refractivity contribution in [1.82, 2.24) is 4.98 Å². The van der Waals surface area contributed by atoms with E-state index in [9.17, 15) is 24.9 Å². The molecule has 1 aliphatic rings. The zero-order valence-electron chi connectivity index (χ0n) is 12.9. The van der Waals surface area contributed by atoms with E-state index in [1.54, 1.807) is 23.1 Å². The molecule has 1 saturated heterocycles. The molecule has 8 nitrogen and oxygen atoms in total. The quantitative estimate of drug-likeness (QED) is 0.352. The van der Waals surface area contributed by atoms with Crippen LogP contribution in [0.3, 0.4) is 0 Å². The second-order valence-electron chi connectivity index (χ2n) is 5.61. The number of ketones is 1. The Labute approximate surface area is 148 Å². The number of amides is 1. The summed E-state index contributed by atoms with van der Waals surface area (Å²) >= 11 is -0.376. The number of aliphatic hydroxyl groups excluding tert-OH is 3. The van der Waals surface area contributed by atoms with E-state index in [0.717, 1.165) is 0 Å². The molecule has 25 heavy (non-hydrogen) atoms. The number of nitrogens with zero attached hydrogens (tertiary/aromatic N) is 1. The first kappa shape index (κ1) is 17.9. The monoisotopic (exact) mass is 412 g/mol. The number of rotatable bonds is 5. The Morgan fingerprint density at radius 2 is 1.88 bits per heavy atom. The molecule has 0 radical (unpaired) electrons. The Morgan fingerprint density at radius 1 is 1.20 bits per heavy atom. The molecule has 1 fully saturated rings. The summed E-state index contributed by atoms with van der Waals surface area (Å²) in [6.45, 7) is 0. The van der Waals surface area contributed by atoms with Crippen LogP contribution in [0, 0.1) is 0 Å². The summed E-state index contributed by atoms with van der Waals surface area (Å²) in [5.41, 5.74) is 5.50. The van der Waals surface area contributed by atoms with Gasteiger partial charge in [0, 0.05) is 0 Å². The van der Waals surface area contributed by atoms with E-state index in [-0.39, 0.29) is 25.8 Å². The van der Waals surface area contributed by atoms with Gasteiger partial charge in [0.15, 0.2) is 0 Å². The van der Waals surface area contributed by atoms with Gasteiger partial charge in [0.05, 0.1) is 0 Å². The van der Waals surface area contributed by atoms with Gasteiger partial charge in [-0.05, 0) is 0 Å². The van der Waals surface area contributed by atoms with Crippen LogP contribution < -0.4 is 5.73 Å². The molecule has 1 amide bonds. The summed E-state index contributed by atoms with van der Waals surface area (Å²) in [7, 11) is 0. The number of nitrogens with two attached hydrogens (primary N) is 1. The van der Waals surface area contributed by atoms with Crippen molar-refractivity contribution in [1.29, 1.82) is 0 Å². The van der Waals surface area contributed by atoms with E-state index in [1.807, 2.05) is 0 Å². The summed E-state index contributed by atoms with van der Waals surface area (Å²) in [5, 5.41) is 30.7. The Kier molecular flexibility index (Phi) is 5.14. The van der Waals surface area contributed by atoms with Crippen LogP contribution in [0.1, 0.15) is 31.5 Å². The summed E-state index contributed by atoms with van der Waals surface area (Å²) in [5.74, 6) is -1.31. The summed E-state index contributed by atoms with van der Waals surface area (Å²) in [4.78, 5) is 29.0. The van der Waals surface area contributed by atoms with Gasteiger partial charge in [0.1, 0.15) is 0 Å². The summed E-state index contributed by atoms with van der Waals surface area (Å²) in [6.07, 6.45) is -6.79. The van der Waals surface area contributed by atoms with Crippen molar-refractivity contribution >= 4 is 26.2 Å². The van der Waals surface area contributed by atoms with Gasteiger partial charge in [-0.25, -0.2) is 0 Å². The van der Waals surface area contributed by atoms with E-state index in [1.165, 1.54) is 12.1 Å². The van der Waals surface area contributed by atoms with Gasteiger partial charge in [-0.15, -0.1) is 0 Å². The number of aromatic nitrogens is 1. The van der Waals surface area contributed by atoms with Crippen LogP contribution in [0.25, 0.3) is 0 Å². The van der Waals surface area contributed by atoms with Crippen molar-refractivity contribution in [2.45, 2.75) is 30.5 Å². The number of benzene rings is 1.